The summed E-state index contributed by atoms with van der Waals surface area (Å²) < 4.78 is 13.1. The zero-order valence-corrected chi connectivity index (χ0v) is 21.1. The quantitative estimate of drug-likeness (QED) is 0.466. The third-order valence-electron chi connectivity index (χ3n) is 6.51. The Bertz CT molecular complexity index is 1240. The fourth-order valence-corrected chi connectivity index (χ4v) is 5.00. The molecule has 0 saturated carbocycles. The molecule has 0 saturated heterocycles. The van der Waals surface area contributed by atoms with Crippen molar-refractivity contribution in [3.05, 3.63) is 99.5 Å². The Morgan fingerprint density at radius 2 is 1.80 bits per heavy atom. The molecular formula is C28H27BrN2O4. The Kier molecular flexibility index (Phi) is 6.62. The van der Waals surface area contributed by atoms with E-state index in [1.807, 2.05) is 67.7 Å². The summed E-state index contributed by atoms with van der Waals surface area (Å²) in [6, 6.07) is 23.5. The van der Waals surface area contributed by atoms with Crippen molar-refractivity contribution in [2.75, 3.05) is 20.3 Å². The topological polar surface area (TPSA) is 71.4 Å². The van der Waals surface area contributed by atoms with Gasteiger partial charge in [0, 0.05) is 43.1 Å². The number of nitrogens with zero attached hydrogens (tertiary/aromatic N) is 2. The van der Waals surface area contributed by atoms with Crippen molar-refractivity contribution >= 4 is 27.7 Å². The molecule has 7 heteroatoms. The Morgan fingerprint density at radius 1 is 1.09 bits per heavy atom. The first kappa shape index (κ1) is 23.6. The fourth-order valence-electron chi connectivity index (χ4n) is 4.74. The lowest BCUT2D eigenvalue weighted by molar-refractivity contribution is -0.138. The summed E-state index contributed by atoms with van der Waals surface area (Å²) in [5, 5.41) is 8.96. The SMILES string of the molecule is CN1Cc2ccccc2C[C@@]2(N=C(c3ccc(OCCCO)cc3)O[C@H]2c2ccc(Br)cc2)C1=O. The normalized spacial score (nSPS) is 21.3. The van der Waals surface area contributed by atoms with E-state index in [9.17, 15) is 4.79 Å². The monoisotopic (exact) mass is 534 g/mol. The van der Waals surface area contributed by atoms with Crippen molar-refractivity contribution in [3.8, 4) is 5.75 Å². The van der Waals surface area contributed by atoms with Gasteiger partial charge in [0.2, 0.25) is 5.90 Å². The number of halogens is 1. The molecule has 0 aliphatic carbocycles. The van der Waals surface area contributed by atoms with E-state index in [0.29, 0.717) is 37.6 Å². The second-order valence-corrected chi connectivity index (χ2v) is 9.86. The summed E-state index contributed by atoms with van der Waals surface area (Å²) in [4.78, 5) is 20.8. The van der Waals surface area contributed by atoms with Crippen LogP contribution in [0.5, 0.6) is 5.75 Å². The zero-order valence-electron chi connectivity index (χ0n) is 19.5. The number of likely N-dealkylation sites (N-methyl/N-ethyl adjacent to an activating group) is 1. The highest BCUT2D eigenvalue weighted by molar-refractivity contribution is 9.10. The van der Waals surface area contributed by atoms with Crippen LogP contribution >= 0.6 is 15.9 Å². The van der Waals surface area contributed by atoms with E-state index in [4.69, 9.17) is 19.6 Å². The second kappa shape index (κ2) is 9.84. The van der Waals surface area contributed by atoms with Crippen molar-refractivity contribution < 1.29 is 19.4 Å². The second-order valence-electron chi connectivity index (χ2n) is 8.95. The maximum absolute atomic E-state index is 14.0. The summed E-state index contributed by atoms with van der Waals surface area (Å²) in [6.45, 7) is 1.07. The molecule has 0 aromatic heterocycles. The summed E-state index contributed by atoms with van der Waals surface area (Å²) >= 11 is 3.50. The number of aliphatic imine (C=N–C) groups is 1. The predicted molar refractivity (Wildman–Crippen MR) is 137 cm³/mol. The van der Waals surface area contributed by atoms with Crippen LogP contribution in [0.2, 0.25) is 0 Å². The van der Waals surface area contributed by atoms with Crippen molar-refractivity contribution in [1.82, 2.24) is 4.90 Å². The minimum Gasteiger partial charge on any atom is -0.494 e. The van der Waals surface area contributed by atoms with Crippen LogP contribution in [0, 0.1) is 0 Å². The highest BCUT2D eigenvalue weighted by atomic mass is 79.9. The lowest BCUT2D eigenvalue weighted by atomic mass is 9.82. The highest BCUT2D eigenvalue weighted by Gasteiger charge is 2.55. The fraction of sp³-hybridized carbons (Fsp3) is 0.286. The van der Waals surface area contributed by atoms with Gasteiger partial charge in [-0.15, -0.1) is 0 Å². The van der Waals surface area contributed by atoms with E-state index in [2.05, 4.69) is 28.1 Å². The van der Waals surface area contributed by atoms with E-state index < -0.39 is 11.6 Å². The Morgan fingerprint density at radius 3 is 2.51 bits per heavy atom. The average molecular weight is 535 g/mol. The van der Waals surface area contributed by atoms with Crippen LogP contribution in [0.3, 0.4) is 0 Å². The number of aliphatic hydroxyl groups excluding tert-OH is 1. The van der Waals surface area contributed by atoms with Crippen LogP contribution in [0.4, 0.5) is 0 Å². The number of carbonyl (C=O) groups excluding carboxylic acids is 1. The van der Waals surface area contributed by atoms with Gasteiger partial charge in [0.15, 0.2) is 11.6 Å². The molecule has 3 aromatic carbocycles. The van der Waals surface area contributed by atoms with E-state index >= 15 is 0 Å². The molecule has 2 aliphatic heterocycles. The number of fused-ring (bicyclic) bond motifs is 1. The van der Waals surface area contributed by atoms with Crippen LogP contribution in [-0.2, 0) is 22.5 Å². The van der Waals surface area contributed by atoms with Crippen molar-refractivity contribution in [3.63, 3.8) is 0 Å². The van der Waals surface area contributed by atoms with Gasteiger partial charge in [-0.3, -0.25) is 4.79 Å². The summed E-state index contributed by atoms with van der Waals surface area (Å²) in [7, 11) is 1.83. The van der Waals surface area contributed by atoms with E-state index in [1.54, 1.807) is 4.90 Å². The van der Waals surface area contributed by atoms with Crippen LogP contribution in [0.1, 0.15) is 34.8 Å². The summed E-state index contributed by atoms with van der Waals surface area (Å²) in [6.07, 6.45) is 0.470. The standard InChI is InChI=1S/C28H27BrN2O4/c1-31-18-22-6-3-2-5-21(22)17-28(27(31)33)25(19-7-11-23(29)12-8-19)35-26(30-28)20-9-13-24(14-10-20)34-16-4-15-32/h2-3,5-14,25,32H,4,15-18H2,1H3/t25-,28-/m0/s1. The molecule has 1 N–H and O–H groups in total. The lowest BCUT2D eigenvalue weighted by Gasteiger charge is -2.31. The first-order chi connectivity index (χ1) is 17.0. The van der Waals surface area contributed by atoms with Gasteiger partial charge in [0.25, 0.3) is 5.91 Å². The van der Waals surface area contributed by atoms with Gasteiger partial charge < -0.3 is 19.5 Å². The highest BCUT2D eigenvalue weighted by Crippen LogP contribution is 2.45. The zero-order chi connectivity index (χ0) is 24.4. The minimum atomic E-state index is -1.11. The van der Waals surface area contributed by atoms with E-state index in [1.165, 1.54) is 0 Å². The maximum atomic E-state index is 14.0. The van der Waals surface area contributed by atoms with Crippen LogP contribution in [0.25, 0.3) is 0 Å². The predicted octanol–water partition coefficient (Wildman–Crippen LogP) is 4.68. The lowest BCUT2D eigenvalue weighted by Crippen LogP contribution is -2.48. The number of hydrogen-bond acceptors (Lipinski definition) is 5. The van der Waals surface area contributed by atoms with Gasteiger partial charge in [-0.05, 0) is 53.1 Å². The summed E-state index contributed by atoms with van der Waals surface area (Å²) in [5.41, 5.74) is 2.81. The molecule has 0 bridgehead atoms. The number of amides is 1. The van der Waals surface area contributed by atoms with Gasteiger partial charge in [0.05, 0.1) is 6.61 Å². The first-order valence-corrected chi connectivity index (χ1v) is 12.5. The van der Waals surface area contributed by atoms with Crippen LogP contribution in [-0.4, -0.2) is 47.6 Å². The molecule has 1 spiro atoms. The largest absolute Gasteiger partial charge is 0.494 e. The smallest absolute Gasteiger partial charge is 0.255 e. The molecule has 1 amide bonds. The van der Waals surface area contributed by atoms with Gasteiger partial charge in [-0.1, -0.05) is 52.3 Å². The van der Waals surface area contributed by atoms with Crippen LogP contribution in [0.15, 0.2) is 82.3 Å². The molecule has 6 nitrogen and oxygen atoms in total. The number of benzene rings is 3. The number of hydrogen-bond donors (Lipinski definition) is 1. The Hall–Kier alpha value is -3.16. The van der Waals surface area contributed by atoms with E-state index in [0.717, 1.165) is 26.7 Å². The van der Waals surface area contributed by atoms with Crippen molar-refractivity contribution in [1.29, 1.82) is 0 Å². The molecule has 3 aromatic rings. The van der Waals surface area contributed by atoms with Crippen molar-refractivity contribution in [2.24, 2.45) is 4.99 Å². The molecule has 2 atom stereocenters. The third kappa shape index (κ3) is 4.58. The average Bonchev–Trinajstić information content (AvgIpc) is 3.21. The molecule has 35 heavy (non-hydrogen) atoms. The van der Waals surface area contributed by atoms with Gasteiger partial charge in [-0.2, -0.15) is 0 Å². The molecule has 180 valence electrons. The minimum absolute atomic E-state index is 0.0550. The van der Waals surface area contributed by atoms with Gasteiger partial charge in [0.1, 0.15) is 5.75 Å². The first-order valence-electron chi connectivity index (χ1n) is 11.7. The number of aliphatic hydroxyl groups is 1. The van der Waals surface area contributed by atoms with Crippen LogP contribution < -0.4 is 4.74 Å². The molecule has 2 heterocycles. The summed E-state index contributed by atoms with van der Waals surface area (Å²) in [5.74, 6) is 1.10. The molecular weight excluding hydrogens is 508 g/mol. The number of ether oxygens (including phenoxy) is 2. The Balaban J connectivity index is 1.56. The number of rotatable bonds is 6. The van der Waals surface area contributed by atoms with Gasteiger partial charge >= 0.3 is 0 Å². The molecule has 0 unspecified atom stereocenters. The molecule has 5 rings (SSSR count). The molecule has 0 fully saturated rings. The molecule has 2 aliphatic rings. The molecule has 0 radical (unpaired) electrons. The van der Waals surface area contributed by atoms with E-state index in [-0.39, 0.29) is 12.5 Å². The third-order valence-corrected chi connectivity index (χ3v) is 7.04. The Labute approximate surface area is 213 Å². The van der Waals surface area contributed by atoms with Crippen molar-refractivity contribution in [2.45, 2.75) is 31.0 Å². The van der Waals surface area contributed by atoms with Gasteiger partial charge in [-0.25, -0.2) is 4.99 Å². The maximum Gasteiger partial charge on any atom is 0.255 e. The number of carbonyl (C=O) groups is 1.